The molecule has 26 heavy (non-hydrogen) atoms. The quantitative estimate of drug-likeness (QED) is 0.558. The Labute approximate surface area is 147 Å². The highest BCUT2D eigenvalue weighted by Gasteiger charge is 2.38. The van der Waals surface area contributed by atoms with Gasteiger partial charge >= 0.3 is 11.6 Å². The van der Waals surface area contributed by atoms with Crippen LogP contribution < -0.4 is 11.2 Å². The third-order valence-corrected chi connectivity index (χ3v) is 4.62. The smallest absolute Gasteiger partial charge is 0.390 e. The molecule has 142 valence electrons. The maximum Gasteiger partial charge on any atom is 0.437 e. The molecule has 11 heteroatoms. The summed E-state index contributed by atoms with van der Waals surface area (Å²) in [7, 11) is 2.74. The van der Waals surface area contributed by atoms with Crippen LogP contribution in [0.3, 0.4) is 0 Å². The first-order valence-corrected chi connectivity index (χ1v) is 8.16. The Bertz CT molecular complexity index is 1000. The van der Waals surface area contributed by atoms with E-state index in [1.54, 1.807) is 13.8 Å². The Kier molecular flexibility index (Phi) is 4.23. The van der Waals surface area contributed by atoms with Crippen molar-refractivity contribution in [2.24, 2.45) is 20.0 Å². The van der Waals surface area contributed by atoms with Crippen LogP contribution in [-0.4, -0.2) is 42.1 Å². The summed E-state index contributed by atoms with van der Waals surface area (Å²) in [5.41, 5.74) is -1.26. The highest BCUT2D eigenvalue weighted by molar-refractivity contribution is 5.72. The second-order valence-corrected chi connectivity index (χ2v) is 7.00. The third-order valence-electron chi connectivity index (χ3n) is 4.62. The standard InChI is InChI=1S/C15H21N5O6/c1-8-7-25-15(2,3)26-9(8)6-19-10-11(16-13(19)20(23)24)17(4)14(22)18(5)12(10)21/h8-9H,6-7H2,1-5H3. The molecule has 0 saturated carbocycles. The molecule has 2 aromatic heterocycles. The summed E-state index contributed by atoms with van der Waals surface area (Å²) >= 11 is 0. The molecule has 0 aromatic carbocycles. The minimum atomic E-state index is -0.833. The fourth-order valence-electron chi connectivity index (χ4n) is 3.10. The minimum Gasteiger partial charge on any atom is -0.390 e. The number of hydrogen-bond donors (Lipinski definition) is 0. The topological polar surface area (TPSA) is 123 Å². The zero-order valence-electron chi connectivity index (χ0n) is 15.3. The molecule has 3 heterocycles. The number of hydrogen-bond acceptors (Lipinski definition) is 7. The SMILES string of the molecule is CC1COC(C)(C)OC1Cn1c([N+](=O)[O-])nc2c1c(=O)n(C)c(=O)n2C. The number of ether oxygens (including phenoxy) is 2. The van der Waals surface area contributed by atoms with Gasteiger partial charge in [-0.15, -0.1) is 0 Å². The Morgan fingerprint density at radius 1 is 1.31 bits per heavy atom. The summed E-state index contributed by atoms with van der Waals surface area (Å²) in [6.07, 6.45) is -0.420. The first kappa shape index (κ1) is 18.3. The predicted octanol–water partition coefficient (Wildman–Crippen LogP) is 0.130. The molecule has 0 amide bonds. The Balaban J connectivity index is 2.21. The van der Waals surface area contributed by atoms with Crippen molar-refractivity contribution in [1.82, 2.24) is 18.7 Å². The third kappa shape index (κ3) is 2.82. The fourth-order valence-corrected chi connectivity index (χ4v) is 3.10. The van der Waals surface area contributed by atoms with Crippen LogP contribution in [0.1, 0.15) is 20.8 Å². The number of fused-ring (bicyclic) bond motifs is 1. The molecule has 11 nitrogen and oxygen atoms in total. The van der Waals surface area contributed by atoms with Crippen LogP contribution in [0.5, 0.6) is 0 Å². The fraction of sp³-hybridized carbons (Fsp3) is 0.667. The molecule has 0 aliphatic carbocycles. The van der Waals surface area contributed by atoms with Crippen LogP contribution in [0.2, 0.25) is 0 Å². The van der Waals surface area contributed by atoms with Gasteiger partial charge in [0, 0.05) is 20.0 Å². The summed E-state index contributed by atoms with van der Waals surface area (Å²) in [5.74, 6) is -1.38. The number of imidazole rings is 1. The van der Waals surface area contributed by atoms with E-state index in [9.17, 15) is 19.7 Å². The number of nitrogens with zero attached hydrogens (tertiary/aromatic N) is 5. The monoisotopic (exact) mass is 367 g/mol. The van der Waals surface area contributed by atoms with Crippen molar-refractivity contribution >= 4 is 17.1 Å². The maximum atomic E-state index is 12.6. The molecule has 1 fully saturated rings. The lowest BCUT2D eigenvalue weighted by Gasteiger charge is -2.39. The molecule has 1 aliphatic rings. The van der Waals surface area contributed by atoms with Gasteiger partial charge in [-0.1, -0.05) is 6.92 Å². The summed E-state index contributed by atoms with van der Waals surface area (Å²) in [6.45, 7) is 5.89. The van der Waals surface area contributed by atoms with Crippen molar-refractivity contribution in [2.45, 2.75) is 39.2 Å². The second-order valence-electron chi connectivity index (χ2n) is 7.00. The van der Waals surface area contributed by atoms with E-state index >= 15 is 0 Å². The average Bonchev–Trinajstić information content (AvgIpc) is 2.94. The van der Waals surface area contributed by atoms with Gasteiger partial charge in [-0.25, -0.2) is 9.36 Å². The van der Waals surface area contributed by atoms with Crippen molar-refractivity contribution in [3.63, 3.8) is 0 Å². The maximum absolute atomic E-state index is 12.6. The predicted molar refractivity (Wildman–Crippen MR) is 90.9 cm³/mol. The number of nitro groups is 1. The minimum absolute atomic E-state index is 0.00129. The number of aryl methyl sites for hydroxylation is 1. The van der Waals surface area contributed by atoms with Gasteiger partial charge in [0.25, 0.3) is 11.2 Å². The van der Waals surface area contributed by atoms with Gasteiger partial charge in [0.15, 0.2) is 5.79 Å². The summed E-state index contributed by atoms with van der Waals surface area (Å²) in [6, 6.07) is 0. The first-order chi connectivity index (χ1) is 12.0. The zero-order valence-corrected chi connectivity index (χ0v) is 15.3. The molecule has 0 radical (unpaired) electrons. The molecule has 0 spiro atoms. The highest BCUT2D eigenvalue weighted by Crippen LogP contribution is 2.29. The van der Waals surface area contributed by atoms with Crippen LogP contribution in [0.25, 0.3) is 11.2 Å². The van der Waals surface area contributed by atoms with Crippen LogP contribution in [0.15, 0.2) is 9.59 Å². The molecule has 2 aromatic rings. The molecule has 0 bridgehead atoms. The van der Waals surface area contributed by atoms with Crippen LogP contribution in [0, 0.1) is 16.0 Å². The van der Waals surface area contributed by atoms with E-state index in [-0.39, 0.29) is 23.6 Å². The molecule has 2 atom stereocenters. The van der Waals surface area contributed by atoms with E-state index in [4.69, 9.17) is 9.47 Å². The van der Waals surface area contributed by atoms with Crippen molar-refractivity contribution in [3.05, 3.63) is 31.0 Å². The Morgan fingerprint density at radius 3 is 2.58 bits per heavy atom. The lowest BCUT2D eigenvalue weighted by Crippen LogP contribution is -2.46. The van der Waals surface area contributed by atoms with Crippen LogP contribution in [0.4, 0.5) is 5.95 Å². The van der Waals surface area contributed by atoms with Crippen molar-refractivity contribution in [1.29, 1.82) is 0 Å². The van der Waals surface area contributed by atoms with Crippen molar-refractivity contribution in [2.75, 3.05) is 6.61 Å². The number of aromatic nitrogens is 4. The average molecular weight is 367 g/mol. The molecular formula is C15H21N5O6. The van der Waals surface area contributed by atoms with E-state index in [0.29, 0.717) is 6.61 Å². The summed E-state index contributed by atoms with van der Waals surface area (Å²) in [5, 5.41) is 11.5. The van der Waals surface area contributed by atoms with E-state index in [2.05, 4.69) is 4.98 Å². The second kappa shape index (κ2) is 6.02. The van der Waals surface area contributed by atoms with Gasteiger partial charge in [-0.05, 0) is 23.8 Å². The van der Waals surface area contributed by atoms with Gasteiger partial charge in [-0.2, -0.15) is 0 Å². The molecule has 1 aliphatic heterocycles. The number of rotatable bonds is 3. The Morgan fingerprint density at radius 2 is 1.96 bits per heavy atom. The van der Waals surface area contributed by atoms with Gasteiger partial charge in [-0.3, -0.25) is 13.9 Å². The van der Waals surface area contributed by atoms with Crippen LogP contribution in [-0.2, 0) is 30.1 Å². The van der Waals surface area contributed by atoms with Gasteiger partial charge < -0.3 is 19.6 Å². The molecule has 3 rings (SSSR count). The highest BCUT2D eigenvalue weighted by atomic mass is 16.7. The summed E-state index contributed by atoms with van der Waals surface area (Å²) in [4.78, 5) is 39.5. The van der Waals surface area contributed by atoms with Gasteiger partial charge in [0.1, 0.15) is 0 Å². The molecule has 1 saturated heterocycles. The van der Waals surface area contributed by atoms with Crippen LogP contribution >= 0.6 is 0 Å². The van der Waals surface area contributed by atoms with Crippen molar-refractivity contribution < 1.29 is 14.4 Å². The van der Waals surface area contributed by atoms with Gasteiger partial charge in [0.2, 0.25) is 5.52 Å². The summed E-state index contributed by atoms with van der Waals surface area (Å²) < 4.78 is 14.7. The largest absolute Gasteiger partial charge is 0.437 e. The molecular weight excluding hydrogens is 346 g/mol. The van der Waals surface area contributed by atoms with E-state index in [1.165, 1.54) is 18.7 Å². The lowest BCUT2D eigenvalue weighted by molar-refractivity contribution is -0.397. The Hall–Kier alpha value is -2.53. The van der Waals surface area contributed by atoms with E-state index in [1.807, 2.05) is 6.92 Å². The first-order valence-electron chi connectivity index (χ1n) is 8.16. The molecule has 2 unspecified atom stereocenters. The van der Waals surface area contributed by atoms with E-state index < -0.39 is 34.0 Å². The molecule has 0 N–H and O–H groups in total. The van der Waals surface area contributed by atoms with Crippen molar-refractivity contribution in [3.8, 4) is 0 Å². The normalized spacial score (nSPS) is 22.7. The zero-order chi connectivity index (χ0) is 19.4. The lowest BCUT2D eigenvalue weighted by atomic mass is 10.0. The van der Waals surface area contributed by atoms with Gasteiger partial charge in [0.05, 0.1) is 19.3 Å². The van der Waals surface area contributed by atoms with E-state index in [0.717, 1.165) is 9.13 Å².